The van der Waals surface area contributed by atoms with Gasteiger partial charge in [0, 0.05) is 45.0 Å². The summed E-state index contributed by atoms with van der Waals surface area (Å²) in [6.45, 7) is 5.00. The van der Waals surface area contributed by atoms with Gasteiger partial charge in [0.1, 0.15) is 0 Å². The summed E-state index contributed by atoms with van der Waals surface area (Å²) in [6.07, 6.45) is 0.777. The fourth-order valence-electron chi connectivity index (χ4n) is 2.87. The van der Waals surface area contributed by atoms with Crippen molar-refractivity contribution in [1.82, 2.24) is 9.62 Å². The molecule has 0 aromatic heterocycles. The largest absolute Gasteiger partial charge is 0.385 e. The maximum atomic E-state index is 12.4. The van der Waals surface area contributed by atoms with E-state index in [0.717, 1.165) is 0 Å². The number of carbonyl (C=O) groups is 2. The SMILES string of the molecule is COCCCNS(=O)(=O)c1ccc(NC(=O)[C@@H]2CC(=O)N(C(C)C)C2)cc1. The Kier molecular flexibility index (Phi) is 7.34. The molecule has 9 heteroatoms. The lowest BCUT2D eigenvalue weighted by Gasteiger charge is -2.20. The summed E-state index contributed by atoms with van der Waals surface area (Å²) >= 11 is 0. The van der Waals surface area contributed by atoms with E-state index in [9.17, 15) is 18.0 Å². The zero-order valence-electron chi connectivity index (χ0n) is 15.9. The first-order valence-electron chi connectivity index (χ1n) is 8.93. The molecule has 1 saturated heterocycles. The van der Waals surface area contributed by atoms with Gasteiger partial charge in [0.2, 0.25) is 21.8 Å². The maximum absolute atomic E-state index is 12.4. The summed E-state index contributed by atoms with van der Waals surface area (Å²) in [5, 5.41) is 2.75. The number of nitrogens with zero attached hydrogens (tertiary/aromatic N) is 1. The minimum absolute atomic E-state index is 0.0221. The highest BCUT2D eigenvalue weighted by Crippen LogP contribution is 2.22. The number of nitrogens with one attached hydrogen (secondary N) is 2. The molecular formula is C18H27N3O5S. The van der Waals surface area contributed by atoms with Gasteiger partial charge in [-0.25, -0.2) is 13.1 Å². The van der Waals surface area contributed by atoms with E-state index in [0.29, 0.717) is 25.3 Å². The molecule has 8 nitrogen and oxygen atoms in total. The van der Waals surface area contributed by atoms with Gasteiger partial charge in [0.25, 0.3) is 0 Å². The second-order valence-corrected chi connectivity index (χ2v) is 8.57. The number of benzene rings is 1. The van der Waals surface area contributed by atoms with Crippen molar-refractivity contribution in [3.63, 3.8) is 0 Å². The number of rotatable bonds is 9. The summed E-state index contributed by atoms with van der Waals surface area (Å²) in [5.41, 5.74) is 0.494. The second-order valence-electron chi connectivity index (χ2n) is 6.80. The summed E-state index contributed by atoms with van der Waals surface area (Å²) in [6, 6.07) is 6.02. The topological polar surface area (TPSA) is 105 Å². The predicted octanol–water partition coefficient (Wildman–Crippen LogP) is 1.20. The standard InChI is InChI=1S/C18H27N3O5S/c1-13(2)21-12-14(11-17(21)22)18(23)20-15-5-7-16(8-6-15)27(24,25)19-9-4-10-26-3/h5-8,13-14,19H,4,9-12H2,1-3H3,(H,20,23)/t14-/m1/s1. The van der Waals surface area contributed by atoms with Gasteiger partial charge in [-0.1, -0.05) is 0 Å². The van der Waals surface area contributed by atoms with Crippen LogP contribution < -0.4 is 10.0 Å². The predicted molar refractivity (Wildman–Crippen MR) is 102 cm³/mol. The molecule has 1 aromatic rings. The highest BCUT2D eigenvalue weighted by Gasteiger charge is 2.35. The molecule has 1 aromatic carbocycles. The van der Waals surface area contributed by atoms with Crippen LogP contribution in [0.3, 0.4) is 0 Å². The van der Waals surface area contributed by atoms with Crippen LogP contribution in [-0.2, 0) is 24.3 Å². The van der Waals surface area contributed by atoms with Crippen molar-refractivity contribution in [2.24, 2.45) is 5.92 Å². The van der Waals surface area contributed by atoms with Crippen LogP contribution in [-0.4, -0.2) is 58.0 Å². The zero-order valence-corrected chi connectivity index (χ0v) is 16.7. The van der Waals surface area contributed by atoms with Crippen LogP contribution in [0.15, 0.2) is 29.2 Å². The fourth-order valence-corrected chi connectivity index (χ4v) is 3.95. The third-order valence-electron chi connectivity index (χ3n) is 4.40. The first-order valence-corrected chi connectivity index (χ1v) is 10.4. The molecule has 0 radical (unpaired) electrons. The van der Waals surface area contributed by atoms with Gasteiger partial charge in [0.15, 0.2) is 0 Å². The van der Waals surface area contributed by atoms with E-state index >= 15 is 0 Å². The lowest BCUT2D eigenvalue weighted by molar-refractivity contribution is -0.129. The van der Waals surface area contributed by atoms with Crippen LogP contribution in [0.1, 0.15) is 26.7 Å². The van der Waals surface area contributed by atoms with Crippen LogP contribution in [0.25, 0.3) is 0 Å². The smallest absolute Gasteiger partial charge is 0.240 e. The Labute approximate surface area is 160 Å². The number of likely N-dealkylation sites (tertiary alicyclic amines) is 1. The Morgan fingerprint density at radius 1 is 1.30 bits per heavy atom. The van der Waals surface area contributed by atoms with E-state index in [-0.39, 0.29) is 35.7 Å². The Balaban J connectivity index is 1.93. The van der Waals surface area contributed by atoms with Crippen LogP contribution in [0.5, 0.6) is 0 Å². The van der Waals surface area contributed by atoms with Gasteiger partial charge in [0.05, 0.1) is 10.8 Å². The molecule has 0 saturated carbocycles. The molecule has 1 aliphatic rings. The number of amides is 2. The minimum Gasteiger partial charge on any atom is -0.385 e. The van der Waals surface area contributed by atoms with Crippen LogP contribution in [0, 0.1) is 5.92 Å². The molecule has 1 fully saturated rings. The minimum atomic E-state index is -3.60. The van der Waals surface area contributed by atoms with E-state index in [1.54, 1.807) is 24.1 Å². The van der Waals surface area contributed by atoms with E-state index in [1.165, 1.54) is 12.1 Å². The maximum Gasteiger partial charge on any atom is 0.240 e. The molecule has 0 spiro atoms. The van der Waals surface area contributed by atoms with Crippen molar-refractivity contribution >= 4 is 27.5 Å². The normalized spacial score (nSPS) is 17.6. The van der Waals surface area contributed by atoms with Crippen molar-refractivity contribution in [3.8, 4) is 0 Å². The first-order chi connectivity index (χ1) is 12.7. The molecule has 2 rings (SSSR count). The molecule has 1 atom stereocenters. The number of sulfonamides is 1. The number of hydrogen-bond acceptors (Lipinski definition) is 5. The zero-order chi connectivity index (χ0) is 20.0. The molecule has 0 aliphatic carbocycles. The summed E-state index contributed by atoms with van der Waals surface area (Å²) in [4.78, 5) is 26.1. The van der Waals surface area contributed by atoms with Gasteiger partial charge >= 0.3 is 0 Å². The highest BCUT2D eigenvalue weighted by molar-refractivity contribution is 7.89. The van der Waals surface area contributed by atoms with Crippen molar-refractivity contribution < 1.29 is 22.7 Å². The summed E-state index contributed by atoms with van der Waals surface area (Å²) in [5.74, 6) is -0.656. The quantitative estimate of drug-likeness (QED) is 0.609. The third-order valence-corrected chi connectivity index (χ3v) is 5.88. The second kappa shape index (κ2) is 9.29. The number of hydrogen-bond donors (Lipinski definition) is 2. The number of carbonyl (C=O) groups excluding carboxylic acids is 2. The molecule has 1 aliphatic heterocycles. The summed E-state index contributed by atoms with van der Waals surface area (Å²) < 4.78 is 31.8. The molecule has 2 N–H and O–H groups in total. The molecule has 150 valence electrons. The average Bonchev–Trinajstić information content (AvgIpc) is 3.01. The van der Waals surface area contributed by atoms with Crippen molar-refractivity contribution in [3.05, 3.63) is 24.3 Å². The number of methoxy groups -OCH3 is 1. The van der Waals surface area contributed by atoms with Crippen LogP contribution in [0.4, 0.5) is 5.69 Å². The third kappa shape index (κ3) is 5.75. The Morgan fingerprint density at radius 2 is 1.96 bits per heavy atom. The average molecular weight is 397 g/mol. The van der Waals surface area contributed by atoms with Gasteiger partial charge in [-0.2, -0.15) is 0 Å². The van der Waals surface area contributed by atoms with Gasteiger partial charge in [-0.15, -0.1) is 0 Å². The lowest BCUT2D eigenvalue weighted by atomic mass is 10.1. The monoisotopic (exact) mass is 397 g/mol. The molecule has 27 heavy (non-hydrogen) atoms. The van der Waals surface area contributed by atoms with E-state index in [4.69, 9.17) is 4.74 Å². The Morgan fingerprint density at radius 3 is 2.52 bits per heavy atom. The van der Waals surface area contributed by atoms with Crippen molar-refractivity contribution in [1.29, 1.82) is 0 Å². The number of anilines is 1. The fraction of sp³-hybridized carbons (Fsp3) is 0.556. The highest BCUT2D eigenvalue weighted by atomic mass is 32.2. The van der Waals surface area contributed by atoms with Gasteiger partial charge in [-0.3, -0.25) is 9.59 Å². The van der Waals surface area contributed by atoms with Crippen molar-refractivity contribution in [2.45, 2.75) is 37.6 Å². The molecular weight excluding hydrogens is 370 g/mol. The molecule has 1 heterocycles. The van der Waals surface area contributed by atoms with Gasteiger partial charge in [-0.05, 0) is 44.5 Å². The lowest BCUT2D eigenvalue weighted by Crippen LogP contribution is -2.33. The van der Waals surface area contributed by atoms with Crippen LogP contribution >= 0.6 is 0 Å². The summed E-state index contributed by atoms with van der Waals surface area (Å²) in [7, 11) is -2.04. The van der Waals surface area contributed by atoms with Crippen LogP contribution in [0.2, 0.25) is 0 Å². The van der Waals surface area contributed by atoms with Gasteiger partial charge < -0.3 is 15.0 Å². The van der Waals surface area contributed by atoms with Crippen molar-refractivity contribution in [2.75, 3.05) is 32.1 Å². The van der Waals surface area contributed by atoms with E-state index in [2.05, 4.69) is 10.0 Å². The van der Waals surface area contributed by atoms with E-state index < -0.39 is 15.9 Å². The molecule has 2 amide bonds. The molecule has 0 bridgehead atoms. The first kappa shape index (κ1) is 21.3. The Hall–Kier alpha value is -1.97. The van der Waals surface area contributed by atoms with E-state index in [1.807, 2.05) is 13.8 Å². The number of ether oxygens (including phenoxy) is 1. The Bertz CT molecular complexity index is 762. The molecule has 0 unspecified atom stereocenters.